The Morgan fingerprint density at radius 2 is 1.73 bits per heavy atom. The number of benzene rings is 1. The second-order valence-corrected chi connectivity index (χ2v) is 6.08. The summed E-state index contributed by atoms with van der Waals surface area (Å²) in [7, 11) is 1.73. The summed E-state index contributed by atoms with van der Waals surface area (Å²) in [6.45, 7) is 8.58. The molecule has 6 heteroatoms. The molecule has 1 aromatic carbocycles. The molecule has 0 unspecified atom stereocenters. The van der Waals surface area contributed by atoms with Crippen molar-refractivity contribution in [1.82, 2.24) is 9.88 Å². The van der Waals surface area contributed by atoms with Gasteiger partial charge in [0.25, 0.3) is 5.91 Å². The maximum absolute atomic E-state index is 12.8. The maximum Gasteiger partial charge on any atom is 0.340 e. The van der Waals surface area contributed by atoms with Crippen molar-refractivity contribution in [3.8, 4) is 5.75 Å². The number of nitrogens with one attached hydrogen (secondary N) is 1. The van der Waals surface area contributed by atoms with Crippen molar-refractivity contribution < 1.29 is 19.1 Å². The third kappa shape index (κ3) is 4.25. The number of aryl methyl sites for hydroxylation is 1. The predicted molar refractivity (Wildman–Crippen MR) is 99.6 cm³/mol. The van der Waals surface area contributed by atoms with Crippen LogP contribution in [0.5, 0.6) is 5.75 Å². The number of aromatic nitrogens is 1. The highest BCUT2D eigenvalue weighted by atomic mass is 16.5. The van der Waals surface area contributed by atoms with Crippen molar-refractivity contribution >= 4 is 11.9 Å². The second kappa shape index (κ2) is 8.56. The lowest BCUT2D eigenvalue weighted by Gasteiger charge is -2.17. The molecule has 140 valence electrons. The van der Waals surface area contributed by atoms with E-state index in [4.69, 9.17) is 9.47 Å². The molecule has 1 amide bonds. The molecule has 0 aliphatic heterocycles. The van der Waals surface area contributed by atoms with Crippen molar-refractivity contribution in [2.75, 3.05) is 20.3 Å². The van der Waals surface area contributed by atoms with E-state index in [2.05, 4.69) is 4.98 Å². The molecule has 0 aliphatic carbocycles. The molecule has 0 spiro atoms. The van der Waals surface area contributed by atoms with Gasteiger partial charge in [0.1, 0.15) is 11.4 Å². The maximum atomic E-state index is 12.8. The van der Waals surface area contributed by atoms with Gasteiger partial charge in [-0.2, -0.15) is 0 Å². The minimum absolute atomic E-state index is 0.171. The summed E-state index contributed by atoms with van der Waals surface area (Å²) in [5.74, 6) is 0.224. The Morgan fingerprint density at radius 1 is 1.08 bits per heavy atom. The van der Waals surface area contributed by atoms with Crippen molar-refractivity contribution in [3.63, 3.8) is 0 Å². The first-order valence-corrected chi connectivity index (χ1v) is 8.72. The number of amides is 1. The van der Waals surface area contributed by atoms with Crippen LogP contribution in [-0.4, -0.2) is 42.0 Å². The lowest BCUT2D eigenvalue weighted by Crippen LogP contribution is -2.27. The molecular weight excluding hydrogens is 332 g/mol. The Labute approximate surface area is 154 Å². The van der Waals surface area contributed by atoms with Gasteiger partial charge in [-0.15, -0.1) is 0 Å². The average Bonchev–Trinajstić information content (AvgIpc) is 2.90. The fourth-order valence-electron chi connectivity index (χ4n) is 2.87. The van der Waals surface area contributed by atoms with Gasteiger partial charge in [-0.1, -0.05) is 12.1 Å². The lowest BCUT2D eigenvalue weighted by atomic mass is 10.1. The number of hydrogen-bond acceptors (Lipinski definition) is 4. The van der Waals surface area contributed by atoms with Crippen molar-refractivity contribution in [2.24, 2.45) is 0 Å². The van der Waals surface area contributed by atoms with E-state index < -0.39 is 5.97 Å². The molecule has 0 fully saturated rings. The fraction of sp³-hybridized carbons (Fsp3) is 0.400. The van der Waals surface area contributed by atoms with Crippen LogP contribution in [0.4, 0.5) is 0 Å². The van der Waals surface area contributed by atoms with Crippen molar-refractivity contribution in [2.45, 2.75) is 34.2 Å². The van der Waals surface area contributed by atoms with Crippen LogP contribution >= 0.6 is 0 Å². The number of nitrogens with zero attached hydrogens (tertiary/aromatic N) is 1. The molecule has 6 nitrogen and oxygen atoms in total. The Bertz CT molecular complexity index is 778. The zero-order chi connectivity index (χ0) is 19.3. The second-order valence-electron chi connectivity index (χ2n) is 6.08. The standard InChI is InChI=1S/C20H26N2O4/c1-6-25-16-10-8-15(9-11-16)12-22(5)19(23)18-13(3)17(14(4)21-18)20(24)26-7-2/h8-11,21H,6-7,12H2,1-5H3. The van der Waals surface area contributed by atoms with Gasteiger partial charge >= 0.3 is 5.97 Å². The van der Waals surface area contributed by atoms with Gasteiger partial charge in [-0.05, 0) is 51.0 Å². The van der Waals surface area contributed by atoms with Crippen LogP contribution in [0.25, 0.3) is 0 Å². The molecule has 0 bridgehead atoms. The first-order valence-electron chi connectivity index (χ1n) is 8.72. The Morgan fingerprint density at radius 3 is 2.31 bits per heavy atom. The molecule has 0 saturated heterocycles. The average molecular weight is 358 g/mol. The summed E-state index contributed by atoms with van der Waals surface area (Å²) in [5.41, 5.74) is 3.10. The summed E-state index contributed by atoms with van der Waals surface area (Å²) in [6, 6.07) is 7.65. The fourth-order valence-corrected chi connectivity index (χ4v) is 2.87. The van der Waals surface area contributed by atoms with E-state index in [0.29, 0.717) is 42.3 Å². The monoisotopic (exact) mass is 358 g/mol. The van der Waals surface area contributed by atoms with Crippen molar-refractivity contribution in [1.29, 1.82) is 0 Å². The van der Waals surface area contributed by atoms with Gasteiger partial charge in [-0.25, -0.2) is 4.79 Å². The molecule has 2 aromatic rings. The number of ether oxygens (including phenoxy) is 2. The first-order chi connectivity index (χ1) is 12.4. The van der Waals surface area contributed by atoms with E-state index in [9.17, 15) is 9.59 Å². The van der Waals surface area contributed by atoms with Crippen LogP contribution in [0.15, 0.2) is 24.3 Å². The third-order valence-electron chi connectivity index (χ3n) is 4.13. The van der Waals surface area contributed by atoms with E-state index in [0.717, 1.165) is 11.3 Å². The first kappa shape index (κ1) is 19.6. The summed E-state index contributed by atoms with van der Waals surface area (Å²) < 4.78 is 10.5. The highest BCUT2D eigenvalue weighted by Gasteiger charge is 2.24. The largest absolute Gasteiger partial charge is 0.494 e. The molecule has 0 saturated carbocycles. The van der Waals surface area contributed by atoms with E-state index in [1.54, 1.807) is 32.7 Å². The highest BCUT2D eigenvalue weighted by Crippen LogP contribution is 2.21. The van der Waals surface area contributed by atoms with E-state index >= 15 is 0 Å². The molecule has 26 heavy (non-hydrogen) atoms. The van der Waals surface area contributed by atoms with Gasteiger partial charge in [0.15, 0.2) is 0 Å². The highest BCUT2D eigenvalue weighted by molar-refractivity contribution is 6.00. The van der Waals surface area contributed by atoms with Gasteiger partial charge in [0.05, 0.1) is 18.8 Å². The van der Waals surface area contributed by atoms with Crippen LogP contribution in [-0.2, 0) is 11.3 Å². The van der Waals surface area contributed by atoms with Gasteiger partial charge in [0, 0.05) is 19.3 Å². The van der Waals surface area contributed by atoms with Gasteiger partial charge in [-0.3, -0.25) is 4.79 Å². The third-order valence-corrected chi connectivity index (χ3v) is 4.13. The van der Waals surface area contributed by atoms with Crippen LogP contribution < -0.4 is 4.74 Å². The van der Waals surface area contributed by atoms with E-state index in [-0.39, 0.29) is 5.91 Å². The molecule has 0 aliphatic rings. The summed E-state index contributed by atoms with van der Waals surface area (Å²) in [5, 5.41) is 0. The van der Waals surface area contributed by atoms with Crippen molar-refractivity contribution in [3.05, 3.63) is 52.3 Å². The Balaban J connectivity index is 2.15. The Kier molecular flexibility index (Phi) is 6.44. The quantitative estimate of drug-likeness (QED) is 0.769. The number of carbonyl (C=O) groups is 2. The zero-order valence-electron chi connectivity index (χ0n) is 16.0. The summed E-state index contributed by atoms with van der Waals surface area (Å²) in [6.07, 6.45) is 0. The molecule has 2 rings (SSSR count). The number of aromatic amines is 1. The van der Waals surface area contributed by atoms with Crippen LogP contribution in [0.1, 0.15) is 51.5 Å². The summed E-state index contributed by atoms with van der Waals surface area (Å²) >= 11 is 0. The van der Waals surface area contributed by atoms with Gasteiger partial charge < -0.3 is 19.4 Å². The van der Waals surface area contributed by atoms with E-state index in [1.165, 1.54) is 0 Å². The molecule has 1 heterocycles. The predicted octanol–water partition coefficient (Wildman–Crippen LogP) is 3.48. The number of H-pyrrole nitrogens is 1. The molecule has 0 atom stereocenters. The lowest BCUT2D eigenvalue weighted by molar-refractivity contribution is 0.0525. The number of carbonyl (C=O) groups excluding carboxylic acids is 2. The normalized spacial score (nSPS) is 10.5. The topological polar surface area (TPSA) is 71.6 Å². The van der Waals surface area contributed by atoms with E-state index in [1.807, 2.05) is 31.2 Å². The minimum atomic E-state index is -0.410. The van der Waals surface area contributed by atoms with Crippen LogP contribution in [0.2, 0.25) is 0 Å². The Hall–Kier alpha value is -2.76. The zero-order valence-corrected chi connectivity index (χ0v) is 16.0. The van der Waals surface area contributed by atoms with Crippen LogP contribution in [0, 0.1) is 13.8 Å². The number of rotatable bonds is 7. The molecule has 1 aromatic heterocycles. The van der Waals surface area contributed by atoms with Crippen LogP contribution in [0.3, 0.4) is 0 Å². The number of esters is 1. The van der Waals surface area contributed by atoms with Gasteiger partial charge in [0.2, 0.25) is 0 Å². The smallest absolute Gasteiger partial charge is 0.340 e. The molecule has 1 N–H and O–H groups in total. The SMILES string of the molecule is CCOC(=O)c1c(C)[nH]c(C(=O)N(C)Cc2ccc(OCC)cc2)c1C. The minimum Gasteiger partial charge on any atom is -0.494 e. The molecular formula is C20H26N2O4. The summed E-state index contributed by atoms with van der Waals surface area (Å²) in [4.78, 5) is 29.5. The number of hydrogen-bond donors (Lipinski definition) is 1. The molecule has 0 radical (unpaired) electrons.